The van der Waals surface area contributed by atoms with Gasteiger partial charge in [-0.05, 0) is 18.1 Å². The molecule has 4 heteroatoms. The lowest BCUT2D eigenvalue weighted by atomic mass is 10.2. The van der Waals surface area contributed by atoms with Crippen LogP contribution < -0.4 is 0 Å². The molecule has 4 nitrogen and oxygen atoms in total. The second kappa shape index (κ2) is 7.58. The van der Waals surface area contributed by atoms with Crippen molar-refractivity contribution in [3.63, 3.8) is 0 Å². The van der Waals surface area contributed by atoms with Gasteiger partial charge in [0.15, 0.2) is 0 Å². The van der Waals surface area contributed by atoms with Gasteiger partial charge in [-0.15, -0.1) is 0 Å². The van der Waals surface area contributed by atoms with Crippen LogP contribution in [0.1, 0.15) is 24.6 Å². The number of nitrogens with zero attached hydrogens (tertiary/aromatic N) is 3. The molecule has 0 radical (unpaired) electrons. The summed E-state index contributed by atoms with van der Waals surface area (Å²) in [4.78, 5) is 9.29. The predicted octanol–water partition coefficient (Wildman–Crippen LogP) is 1.14. The molecule has 1 aliphatic rings. The van der Waals surface area contributed by atoms with Crippen molar-refractivity contribution in [2.24, 2.45) is 0 Å². The highest BCUT2D eigenvalue weighted by Gasteiger charge is 2.16. The molecule has 1 saturated heterocycles. The summed E-state index contributed by atoms with van der Waals surface area (Å²) in [6, 6.07) is 4.36. The third-order valence-corrected chi connectivity index (χ3v) is 3.68. The molecular formula is C15H25N3O. The van der Waals surface area contributed by atoms with E-state index in [1.165, 1.54) is 11.3 Å². The first-order valence-electron chi connectivity index (χ1n) is 7.31. The zero-order valence-corrected chi connectivity index (χ0v) is 11.9. The largest absolute Gasteiger partial charge is 0.395 e. The molecule has 106 valence electrons. The van der Waals surface area contributed by atoms with Crippen LogP contribution in [-0.4, -0.2) is 59.2 Å². The van der Waals surface area contributed by atoms with Crippen molar-refractivity contribution in [3.05, 3.63) is 29.6 Å². The van der Waals surface area contributed by atoms with E-state index in [1.807, 2.05) is 6.20 Å². The smallest absolute Gasteiger partial charge is 0.0558 e. The molecule has 0 amide bonds. The topological polar surface area (TPSA) is 39.6 Å². The van der Waals surface area contributed by atoms with Crippen molar-refractivity contribution in [3.8, 4) is 0 Å². The molecule has 2 rings (SSSR count). The molecular weight excluding hydrogens is 238 g/mol. The van der Waals surface area contributed by atoms with Crippen LogP contribution in [0.25, 0.3) is 0 Å². The number of aliphatic hydroxyl groups is 1. The van der Waals surface area contributed by atoms with Gasteiger partial charge in [0.2, 0.25) is 0 Å². The molecule has 0 bridgehead atoms. The van der Waals surface area contributed by atoms with Crippen molar-refractivity contribution in [2.45, 2.75) is 26.3 Å². The summed E-state index contributed by atoms with van der Waals surface area (Å²) in [6.07, 6.45) is 4.24. The van der Waals surface area contributed by atoms with Gasteiger partial charge < -0.3 is 5.11 Å². The first-order chi connectivity index (χ1) is 9.31. The number of hydrogen-bond acceptors (Lipinski definition) is 4. The normalized spacial score (nSPS) is 17.8. The summed E-state index contributed by atoms with van der Waals surface area (Å²) in [7, 11) is 0. The lowest BCUT2D eigenvalue weighted by molar-refractivity contribution is 0.108. The number of aliphatic hydroxyl groups excluding tert-OH is 1. The Hall–Kier alpha value is -0.970. The Balaban J connectivity index is 1.78. The average molecular weight is 263 g/mol. The fourth-order valence-electron chi connectivity index (χ4n) is 2.52. The molecule has 0 aromatic carbocycles. The van der Waals surface area contributed by atoms with Crippen molar-refractivity contribution in [1.82, 2.24) is 14.8 Å². The molecule has 0 aliphatic carbocycles. The minimum absolute atomic E-state index is 0.267. The van der Waals surface area contributed by atoms with E-state index in [2.05, 4.69) is 33.8 Å². The van der Waals surface area contributed by atoms with E-state index in [-0.39, 0.29) is 6.61 Å². The van der Waals surface area contributed by atoms with Gasteiger partial charge in [-0.1, -0.05) is 19.4 Å². The molecule has 1 N–H and O–H groups in total. The van der Waals surface area contributed by atoms with Crippen LogP contribution in [0.3, 0.4) is 0 Å². The Morgan fingerprint density at radius 2 is 1.89 bits per heavy atom. The first kappa shape index (κ1) is 14.4. The fraction of sp³-hybridized carbons (Fsp3) is 0.667. The van der Waals surface area contributed by atoms with Crippen LogP contribution in [0.5, 0.6) is 0 Å². The first-order valence-corrected chi connectivity index (χ1v) is 7.31. The summed E-state index contributed by atoms with van der Waals surface area (Å²) >= 11 is 0. The second-order valence-electron chi connectivity index (χ2n) is 5.25. The number of β-amino-alcohol motifs (C(OH)–C–C–N with tert-alkyl or cyclic N) is 1. The Morgan fingerprint density at radius 3 is 2.47 bits per heavy atom. The van der Waals surface area contributed by atoms with Gasteiger partial charge in [0.1, 0.15) is 0 Å². The number of piperazine rings is 1. The molecule has 1 aliphatic heterocycles. The second-order valence-corrected chi connectivity index (χ2v) is 5.25. The molecule has 2 heterocycles. The van der Waals surface area contributed by atoms with Gasteiger partial charge >= 0.3 is 0 Å². The third-order valence-electron chi connectivity index (χ3n) is 3.68. The number of hydrogen-bond donors (Lipinski definition) is 1. The third kappa shape index (κ3) is 4.56. The Bertz CT molecular complexity index is 358. The minimum atomic E-state index is 0.267. The van der Waals surface area contributed by atoms with Crippen molar-refractivity contribution in [1.29, 1.82) is 0 Å². The average Bonchev–Trinajstić information content (AvgIpc) is 2.44. The van der Waals surface area contributed by atoms with E-state index in [9.17, 15) is 0 Å². The van der Waals surface area contributed by atoms with E-state index in [0.717, 1.165) is 52.1 Å². The van der Waals surface area contributed by atoms with Crippen molar-refractivity contribution >= 4 is 0 Å². The molecule has 0 spiro atoms. The maximum absolute atomic E-state index is 8.93. The van der Waals surface area contributed by atoms with Crippen LogP contribution in [0.2, 0.25) is 0 Å². The Morgan fingerprint density at radius 1 is 1.16 bits per heavy atom. The lowest BCUT2D eigenvalue weighted by Gasteiger charge is -2.34. The molecule has 0 atom stereocenters. The van der Waals surface area contributed by atoms with Gasteiger partial charge in [-0.2, -0.15) is 0 Å². The van der Waals surface area contributed by atoms with Crippen LogP contribution in [-0.2, 0) is 13.0 Å². The molecule has 1 aromatic heterocycles. The fourth-order valence-corrected chi connectivity index (χ4v) is 2.52. The molecule has 19 heavy (non-hydrogen) atoms. The van der Waals surface area contributed by atoms with Gasteiger partial charge in [0.25, 0.3) is 0 Å². The highest BCUT2D eigenvalue weighted by molar-refractivity contribution is 5.14. The lowest BCUT2D eigenvalue weighted by Crippen LogP contribution is -2.46. The minimum Gasteiger partial charge on any atom is -0.395 e. The van der Waals surface area contributed by atoms with E-state index < -0.39 is 0 Å². The van der Waals surface area contributed by atoms with Gasteiger partial charge in [-0.3, -0.25) is 14.8 Å². The van der Waals surface area contributed by atoms with E-state index in [1.54, 1.807) is 0 Å². The zero-order valence-electron chi connectivity index (χ0n) is 11.9. The Kier molecular flexibility index (Phi) is 5.76. The maximum Gasteiger partial charge on any atom is 0.0558 e. The standard InChI is InChI=1S/C15H25N3O/c1-2-3-15-5-4-14(12-16-15)13-18-8-6-17(7-9-18)10-11-19/h4-5,12,19H,2-3,6-11,13H2,1H3. The summed E-state index contributed by atoms with van der Waals surface area (Å²) in [6.45, 7) is 8.52. The highest BCUT2D eigenvalue weighted by Crippen LogP contribution is 2.09. The molecule has 1 fully saturated rings. The van der Waals surface area contributed by atoms with Crippen LogP contribution in [0.4, 0.5) is 0 Å². The Labute approximate surface area is 116 Å². The number of aromatic nitrogens is 1. The van der Waals surface area contributed by atoms with Gasteiger partial charge in [0.05, 0.1) is 6.61 Å². The quantitative estimate of drug-likeness (QED) is 0.835. The molecule has 1 aromatic rings. The maximum atomic E-state index is 8.93. The van der Waals surface area contributed by atoms with Crippen molar-refractivity contribution < 1.29 is 5.11 Å². The van der Waals surface area contributed by atoms with E-state index in [4.69, 9.17) is 5.11 Å². The summed E-state index contributed by atoms with van der Waals surface area (Å²) in [5, 5.41) is 8.93. The summed E-state index contributed by atoms with van der Waals surface area (Å²) in [5.41, 5.74) is 2.49. The predicted molar refractivity (Wildman–Crippen MR) is 77.0 cm³/mol. The molecule has 0 saturated carbocycles. The monoisotopic (exact) mass is 263 g/mol. The highest BCUT2D eigenvalue weighted by atomic mass is 16.3. The van der Waals surface area contributed by atoms with Crippen LogP contribution in [0, 0.1) is 0 Å². The summed E-state index contributed by atoms with van der Waals surface area (Å²) < 4.78 is 0. The van der Waals surface area contributed by atoms with Crippen LogP contribution in [0.15, 0.2) is 18.3 Å². The van der Waals surface area contributed by atoms with Crippen LogP contribution >= 0.6 is 0 Å². The van der Waals surface area contributed by atoms with E-state index in [0.29, 0.717) is 0 Å². The van der Waals surface area contributed by atoms with Gasteiger partial charge in [0, 0.05) is 51.2 Å². The number of aryl methyl sites for hydroxylation is 1. The van der Waals surface area contributed by atoms with Gasteiger partial charge in [-0.25, -0.2) is 0 Å². The molecule has 0 unspecified atom stereocenters. The van der Waals surface area contributed by atoms with E-state index >= 15 is 0 Å². The SMILES string of the molecule is CCCc1ccc(CN2CCN(CCO)CC2)cn1. The zero-order chi connectivity index (χ0) is 13.5. The number of pyridine rings is 1. The summed E-state index contributed by atoms with van der Waals surface area (Å²) in [5.74, 6) is 0. The number of rotatable bonds is 6. The van der Waals surface area contributed by atoms with Crippen molar-refractivity contribution in [2.75, 3.05) is 39.3 Å².